The van der Waals surface area contributed by atoms with Gasteiger partial charge in [-0.2, -0.15) is 5.10 Å². The van der Waals surface area contributed by atoms with Gasteiger partial charge in [0.25, 0.3) is 0 Å². The minimum absolute atomic E-state index is 0.528. The third-order valence-electron chi connectivity index (χ3n) is 4.16. The first kappa shape index (κ1) is 21.3. The Morgan fingerprint density at radius 2 is 1.80 bits per heavy atom. The summed E-state index contributed by atoms with van der Waals surface area (Å²) in [5.74, 6) is 1.68. The maximum Gasteiger partial charge on any atom is 0.206 e. The van der Waals surface area contributed by atoms with Crippen LogP contribution >= 0.6 is 11.3 Å². The summed E-state index contributed by atoms with van der Waals surface area (Å²) in [6.45, 7) is 6.41. The highest BCUT2D eigenvalue weighted by Crippen LogP contribution is 2.41. The van der Waals surface area contributed by atoms with E-state index in [9.17, 15) is 0 Å². The summed E-state index contributed by atoms with van der Waals surface area (Å²) in [6.07, 6.45) is 5.23. The van der Waals surface area contributed by atoms with Crippen molar-refractivity contribution in [2.24, 2.45) is 10.1 Å². The molecule has 0 N–H and O–H groups in total. The summed E-state index contributed by atoms with van der Waals surface area (Å²) in [4.78, 5) is 9.45. The van der Waals surface area contributed by atoms with Gasteiger partial charge in [-0.25, -0.2) is 4.68 Å². The van der Waals surface area contributed by atoms with E-state index in [1.165, 1.54) is 11.3 Å². The van der Waals surface area contributed by atoms with Crippen molar-refractivity contribution < 1.29 is 14.2 Å². The molecule has 0 spiro atoms. The largest absolute Gasteiger partial charge is 0.493 e. The first-order valence-electron chi connectivity index (χ1n) is 9.17. The van der Waals surface area contributed by atoms with Crippen LogP contribution in [0.1, 0.15) is 12.5 Å². The first-order valence-corrected chi connectivity index (χ1v) is 10.1. The molecule has 156 valence electrons. The predicted octanol–water partition coefficient (Wildman–Crippen LogP) is 4.00. The van der Waals surface area contributed by atoms with Gasteiger partial charge < -0.3 is 14.2 Å². The fourth-order valence-corrected chi connectivity index (χ4v) is 3.56. The number of thiazole rings is 1. The van der Waals surface area contributed by atoms with Crippen LogP contribution in [-0.4, -0.2) is 43.7 Å². The summed E-state index contributed by atoms with van der Waals surface area (Å²) in [5.41, 5.74) is 3.63. The Labute approximate surface area is 179 Å². The average Bonchev–Trinajstić information content (AvgIpc) is 3.18. The zero-order valence-electron chi connectivity index (χ0n) is 17.5. The standard InChI is InChI=1S/C22H24N4O3S/c1-15(2)12-24-22-26(25-13-16-6-8-23-9-7-16)18(14-30-22)17-10-19(27-3)21(29-5)20(11-17)28-4/h6-11,13-14H,1,12H2,2-5H3. The normalized spacial score (nSPS) is 11.7. The van der Waals surface area contributed by atoms with E-state index in [2.05, 4.69) is 21.7 Å². The molecule has 8 heteroatoms. The van der Waals surface area contributed by atoms with Crippen LogP contribution in [0.2, 0.25) is 0 Å². The molecule has 3 aromatic rings. The number of hydrogen-bond donors (Lipinski definition) is 0. The van der Waals surface area contributed by atoms with E-state index in [0.717, 1.165) is 27.2 Å². The van der Waals surface area contributed by atoms with Gasteiger partial charge in [-0.15, -0.1) is 11.3 Å². The number of benzene rings is 1. The number of aromatic nitrogens is 2. The third kappa shape index (κ3) is 4.77. The quantitative estimate of drug-likeness (QED) is 0.405. The van der Waals surface area contributed by atoms with E-state index in [-0.39, 0.29) is 0 Å². The highest BCUT2D eigenvalue weighted by Gasteiger charge is 2.17. The molecular weight excluding hydrogens is 400 g/mol. The fraction of sp³-hybridized carbons (Fsp3) is 0.227. The van der Waals surface area contributed by atoms with Crippen LogP contribution in [0.15, 0.2) is 64.3 Å². The number of ether oxygens (including phenoxy) is 3. The molecule has 0 aliphatic carbocycles. The molecule has 2 heterocycles. The Kier molecular flexibility index (Phi) is 7.03. The number of nitrogens with zero attached hydrogens (tertiary/aromatic N) is 4. The number of hydrogen-bond acceptors (Lipinski definition) is 7. The molecule has 0 unspecified atom stereocenters. The minimum Gasteiger partial charge on any atom is -0.493 e. The SMILES string of the molecule is C=C(C)CN=c1scc(-c2cc(OC)c(OC)c(OC)c2)n1N=Cc1ccncc1. The molecule has 0 saturated carbocycles. The van der Waals surface area contributed by atoms with Crippen molar-refractivity contribution in [2.75, 3.05) is 27.9 Å². The lowest BCUT2D eigenvalue weighted by Gasteiger charge is -2.14. The molecule has 7 nitrogen and oxygen atoms in total. The van der Waals surface area contributed by atoms with Crippen molar-refractivity contribution in [1.82, 2.24) is 9.66 Å². The Morgan fingerprint density at radius 3 is 2.37 bits per heavy atom. The van der Waals surface area contributed by atoms with Crippen LogP contribution in [0, 0.1) is 0 Å². The number of methoxy groups -OCH3 is 3. The monoisotopic (exact) mass is 424 g/mol. The topological polar surface area (TPSA) is 70.2 Å². The van der Waals surface area contributed by atoms with Gasteiger partial charge in [-0.05, 0) is 36.8 Å². The summed E-state index contributed by atoms with van der Waals surface area (Å²) in [7, 11) is 4.77. The molecule has 0 fully saturated rings. The van der Waals surface area contributed by atoms with Gasteiger partial charge in [-0.3, -0.25) is 9.98 Å². The molecule has 0 saturated heterocycles. The maximum absolute atomic E-state index is 5.50. The van der Waals surface area contributed by atoms with E-state index < -0.39 is 0 Å². The molecule has 0 radical (unpaired) electrons. The van der Waals surface area contributed by atoms with Gasteiger partial charge in [-0.1, -0.05) is 12.2 Å². The lowest BCUT2D eigenvalue weighted by Crippen LogP contribution is -2.13. The summed E-state index contributed by atoms with van der Waals surface area (Å²) in [5, 5.41) is 6.68. The van der Waals surface area contributed by atoms with Crippen molar-refractivity contribution >= 4 is 17.6 Å². The molecule has 0 bridgehead atoms. The van der Waals surface area contributed by atoms with Crippen molar-refractivity contribution in [3.63, 3.8) is 0 Å². The Morgan fingerprint density at radius 1 is 1.13 bits per heavy atom. The smallest absolute Gasteiger partial charge is 0.206 e. The summed E-state index contributed by atoms with van der Waals surface area (Å²) >= 11 is 1.50. The zero-order chi connectivity index (χ0) is 21.5. The van der Waals surface area contributed by atoms with Crippen LogP contribution in [-0.2, 0) is 0 Å². The third-order valence-corrected chi connectivity index (χ3v) is 5.01. The van der Waals surface area contributed by atoms with Crippen LogP contribution in [0.4, 0.5) is 0 Å². The van der Waals surface area contributed by atoms with E-state index in [0.29, 0.717) is 23.8 Å². The summed E-state index contributed by atoms with van der Waals surface area (Å²) < 4.78 is 18.2. The number of pyridine rings is 1. The van der Waals surface area contributed by atoms with Crippen LogP contribution in [0.3, 0.4) is 0 Å². The second kappa shape index (κ2) is 9.89. The predicted molar refractivity (Wildman–Crippen MR) is 120 cm³/mol. The van der Waals surface area contributed by atoms with E-state index in [1.54, 1.807) is 44.6 Å². The highest BCUT2D eigenvalue weighted by molar-refractivity contribution is 7.07. The van der Waals surface area contributed by atoms with E-state index >= 15 is 0 Å². The molecule has 0 aliphatic heterocycles. The molecule has 0 amide bonds. The van der Waals surface area contributed by atoms with Gasteiger partial charge in [0.15, 0.2) is 11.5 Å². The number of rotatable bonds is 8. The van der Waals surface area contributed by atoms with Crippen LogP contribution in [0.5, 0.6) is 17.2 Å². The maximum atomic E-state index is 5.50. The second-order valence-electron chi connectivity index (χ2n) is 6.43. The van der Waals surface area contributed by atoms with Gasteiger partial charge in [0.05, 0.1) is 39.8 Å². The van der Waals surface area contributed by atoms with Gasteiger partial charge in [0.1, 0.15) is 0 Å². The highest BCUT2D eigenvalue weighted by atomic mass is 32.1. The average molecular weight is 425 g/mol. The molecular formula is C22H24N4O3S. The van der Waals surface area contributed by atoms with Gasteiger partial charge >= 0.3 is 0 Å². The Balaban J connectivity index is 2.16. The molecule has 1 aromatic carbocycles. The molecule has 0 atom stereocenters. The van der Waals surface area contributed by atoms with Crippen molar-refractivity contribution in [2.45, 2.75) is 6.92 Å². The van der Waals surface area contributed by atoms with Crippen LogP contribution < -0.4 is 19.0 Å². The van der Waals surface area contributed by atoms with Crippen molar-refractivity contribution in [3.05, 3.63) is 64.6 Å². The van der Waals surface area contributed by atoms with Crippen molar-refractivity contribution in [3.8, 4) is 28.5 Å². The van der Waals surface area contributed by atoms with Gasteiger partial charge in [0, 0.05) is 23.3 Å². The molecule has 30 heavy (non-hydrogen) atoms. The van der Waals surface area contributed by atoms with Crippen LogP contribution in [0.25, 0.3) is 11.3 Å². The van der Waals surface area contributed by atoms with Gasteiger partial charge in [0.2, 0.25) is 10.6 Å². The summed E-state index contributed by atoms with van der Waals surface area (Å²) in [6, 6.07) is 7.56. The molecule has 3 rings (SSSR count). The lowest BCUT2D eigenvalue weighted by atomic mass is 10.1. The lowest BCUT2D eigenvalue weighted by molar-refractivity contribution is 0.324. The van der Waals surface area contributed by atoms with Crippen molar-refractivity contribution in [1.29, 1.82) is 0 Å². The fourth-order valence-electron chi connectivity index (χ4n) is 2.72. The molecule has 0 aliphatic rings. The molecule has 2 aromatic heterocycles. The Bertz CT molecular complexity index is 1090. The first-order chi connectivity index (χ1) is 14.6. The zero-order valence-corrected chi connectivity index (χ0v) is 18.3. The van der Waals surface area contributed by atoms with E-state index in [4.69, 9.17) is 14.2 Å². The Hall–Kier alpha value is -3.39. The minimum atomic E-state index is 0.528. The second-order valence-corrected chi connectivity index (χ2v) is 7.26. The van der Waals surface area contributed by atoms with E-state index in [1.807, 2.05) is 36.6 Å².